The van der Waals surface area contributed by atoms with Crippen molar-refractivity contribution in [3.8, 4) is 22.3 Å². The predicted octanol–water partition coefficient (Wildman–Crippen LogP) is 4.97. The smallest absolute Gasteiger partial charge is 0.159 e. The molecule has 0 bridgehead atoms. The van der Waals surface area contributed by atoms with Crippen LogP contribution in [-0.2, 0) is 0 Å². The molecule has 0 amide bonds. The van der Waals surface area contributed by atoms with Crippen LogP contribution >= 0.6 is 0 Å². The van der Waals surface area contributed by atoms with Crippen LogP contribution < -0.4 is 0 Å². The number of rotatable bonds is 3. The summed E-state index contributed by atoms with van der Waals surface area (Å²) >= 11 is 0. The first-order valence-corrected chi connectivity index (χ1v) is 7.55. The van der Waals surface area contributed by atoms with Crippen LogP contribution in [0.2, 0.25) is 0 Å². The third kappa shape index (κ3) is 4.15. The summed E-state index contributed by atoms with van der Waals surface area (Å²) in [5.41, 5.74) is 4.90. The van der Waals surface area contributed by atoms with Gasteiger partial charge >= 0.3 is 0 Å². The number of hydrogen-bond acceptors (Lipinski definition) is 2. The average molecular weight is 322 g/mol. The van der Waals surface area contributed by atoms with Crippen molar-refractivity contribution in [3.63, 3.8) is 0 Å². The van der Waals surface area contributed by atoms with Crippen molar-refractivity contribution in [1.29, 1.82) is 0 Å². The fourth-order valence-electron chi connectivity index (χ4n) is 2.39. The highest BCUT2D eigenvalue weighted by atomic mass is 19.1. The van der Waals surface area contributed by atoms with Gasteiger partial charge in [-0.05, 0) is 41.3 Å². The van der Waals surface area contributed by atoms with Crippen LogP contribution in [0.5, 0.6) is 0 Å². The van der Waals surface area contributed by atoms with Crippen LogP contribution in [0.3, 0.4) is 0 Å². The molecule has 0 aromatic heterocycles. The van der Waals surface area contributed by atoms with Crippen molar-refractivity contribution in [3.05, 3.63) is 84.2 Å². The Balaban J connectivity index is 0.00000100. The number of aliphatic hydroxyl groups excluding tert-OH is 1. The van der Waals surface area contributed by atoms with E-state index in [0.717, 1.165) is 29.4 Å². The highest BCUT2D eigenvalue weighted by molar-refractivity contribution is 5.94. The Kier molecular flexibility index (Phi) is 5.99. The van der Waals surface area contributed by atoms with E-state index in [1.54, 1.807) is 19.1 Å². The molecule has 0 atom stereocenters. The average Bonchev–Trinajstić information content (AvgIpc) is 2.64. The molecule has 1 N–H and O–H groups in total. The zero-order chi connectivity index (χ0) is 17.5. The van der Waals surface area contributed by atoms with E-state index in [1.807, 2.05) is 48.5 Å². The monoisotopic (exact) mass is 322 g/mol. The van der Waals surface area contributed by atoms with Crippen molar-refractivity contribution in [2.24, 2.45) is 0 Å². The van der Waals surface area contributed by atoms with E-state index in [-0.39, 0.29) is 11.6 Å². The van der Waals surface area contributed by atoms with E-state index in [1.165, 1.54) is 12.1 Å². The summed E-state index contributed by atoms with van der Waals surface area (Å²) in [5, 5.41) is 7.00. The maximum Gasteiger partial charge on any atom is 0.159 e. The Morgan fingerprint density at radius 1 is 0.667 bits per heavy atom. The second-order valence-corrected chi connectivity index (χ2v) is 5.22. The molecular formula is C21H19FO2. The van der Waals surface area contributed by atoms with Crippen LogP contribution in [0.15, 0.2) is 72.8 Å². The van der Waals surface area contributed by atoms with Gasteiger partial charge in [0.2, 0.25) is 0 Å². The van der Waals surface area contributed by atoms with Crippen molar-refractivity contribution in [2.75, 3.05) is 7.11 Å². The number of carbonyl (C=O) groups excluding carboxylic acids is 1. The van der Waals surface area contributed by atoms with E-state index in [4.69, 9.17) is 5.11 Å². The molecule has 0 aliphatic carbocycles. The van der Waals surface area contributed by atoms with E-state index >= 15 is 0 Å². The molecule has 0 saturated heterocycles. The molecule has 0 aliphatic rings. The molecule has 3 heteroatoms. The number of carbonyl (C=O) groups is 1. The summed E-state index contributed by atoms with van der Waals surface area (Å²) in [7, 11) is 1.00. The molecule has 3 aromatic carbocycles. The molecule has 0 spiro atoms. The Labute approximate surface area is 141 Å². The first kappa shape index (κ1) is 17.6. The molecule has 3 aromatic rings. The summed E-state index contributed by atoms with van der Waals surface area (Å²) in [6, 6.07) is 22.1. The number of Topliss-reactive ketones (excluding diaryl/α,β-unsaturated/α-hetero) is 1. The van der Waals surface area contributed by atoms with Crippen LogP contribution in [0.25, 0.3) is 22.3 Å². The number of benzene rings is 3. The Hall–Kier alpha value is -2.78. The van der Waals surface area contributed by atoms with Gasteiger partial charge in [0, 0.05) is 12.7 Å². The van der Waals surface area contributed by atoms with E-state index in [9.17, 15) is 9.18 Å². The first-order valence-electron chi connectivity index (χ1n) is 7.55. The Morgan fingerprint density at radius 2 is 0.958 bits per heavy atom. The standard InChI is InChI=1S/C20H15FO.CH4O/c1-14(22)15-2-4-16(5-3-15)17-6-8-18(9-7-17)19-10-12-20(21)13-11-19;1-2/h2-13H,1H3;2H,1H3. The van der Waals surface area contributed by atoms with Gasteiger partial charge in [-0.2, -0.15) is 0 Å². The minimum atomic E-state index is -0.231. The lowest BCUT2D eigenvalue weighted by atomic mass is 9.99. The highest BCUT2D eigenvalue weighted by Crippen LogP contribution is 2.25. The molecule has 0 unspecified atom stereocenters. The molecular weight excluding hydrogens is 303 g/mol. The highest BCUT2D eigenvalue weighted by Gasteiger charge is 2.03. The summed E-state index contributed by atoms with van der Waals surface area (Å²) in [6.45, 7) is 1.56. The van der Waals surface area contributed by atoms with Crippen LogP contribution in [-0.4, -0.2) is 18.0 Å². The minimum absolute atomic E-state index is 0.0678. The normalized spacial score (nSPS) is 9.83. The molecule has 0 saturated carbocycles. The fourth-order valence-corrected chi connectivity index (χ4v) is 2.39. The van der Waals surface area contributed by atoms with Crippen molar-refractivity contribution in [1.82, 2.24) is 0 Å². The topological polar surface area (TPSA) is 37.3 Å². The third-order valence-corrected chi connectivity index (χ3v) is 3.69. The van der Waals surface area contributed by atoms with Gasteiger partial charge in [0.05, 0.1) is 0 Å². The van der Waals surface area contributed by atoms with E-state index < -0.39 is 0 Å². The fraction of sp³-hybridized carbons (Fsp3) is 0.0952. The molecule has 122 valence electrons. The summed E-state index contributed by atoms with van der Waals surface area (Å²) in [5.74, 6) is -0.163. The lowest BCUT2D eigenvalue weighted by Crippen LogP contribution is -1.90. The van der Waals surface area contributed by atoms with Crippen LogP contribution in [0.1, 0.15) is 17.3 Å². The lowest BCUT2D eigenvalue weighted by Gasteiger charge is -2.06. The number of hydrogen-bond donors (Lipinski definition) is 1. The van der Waals surface area contributed by atoms with Gasteiger partial charge < -0.3 is 5.11 Å². The van der Waals surface area contributed by atoms with Gasteiger partial charge in [-0.15, -0.1) is 0 Å². The van der Waals surface area contributed by atoms with Crippen molar-refractivity contribution < 1.29 is 14.3 Å². The molecule has 24 heavy (non-hydrogen) atoms. The first-order chi connectivity index (χ1) is 11.6. The quantitative estimate of drug-likeness (QED) is 0.691. The molecule has 3 rings (SSSR count). The molecule has 0 heterocycles. The summed E-state index contributed by atoms with van der Waals surface area (Å²) in [6.07, 6.45) is 0. The summed E-state index contributed by atoms with van der Waals surface area (Å²) < 4.78 is 13.0. The molecule has 0 aliphatic heterocycles. The second-order valence-electron chi connectivity index (χ2n) is 5.22. The lowest BCUT2D eigenvalue weighted by molar-refractivity contribution is 0.101. The molecule has 0 radical (unpaired) electrons. The molecule has 2 nitrogen and oxygen atoms in total. The van der Waals surface area contributed by atoms with Crippen molar-refractivity contribution in [2.45, 2.75) is 6.92 Å². The Bertz CT molecular complexity index is 789. The largest absolute Gasteiger partial charge is 0.400 e. The number of halogens is 1. The Morgan fingerprint density at radius 3 is 1.29 bits per heavy atom. The van der Waals surface area contributed by atoms with Gasteiger partial charge in [0.25, 0.3) is 0 Å². The maximum atomic E-state index is 13.0. The van der Waals surface area contributed by atoms with Crippen molar-refractivity contribution >= 4 is 5.78 Å². The van der Waals surface area contributed by atoms with Gasteiger partial charge in [-0.3, -0.25) is 4.79 Å². The zero-order valence-electron chi connectivity index (χ0n) is 13.7. The van der Waals surface area contributed by atoms with E-state index in [0.29, 0.717) is 5.56 Å². The van der Waals surface area contributed by atoms with Crippen LogP contribution in [0.4, 0.5) is 4.39 Å². The van der Waals surface area contributed by atoms with Gasteiger partial charge in [-0.1, -0.05) is 60.7 Å². The SMILES string of the molecule is CC(=O)c1ccc(-c2ccc(-c3ccc(F)cc3)cc2)cc1.CO. The molecule has 0 fully saturated rings. The van der Waals surface area contributed by atoms with Gasteiger partial charge in [0.15, 0.2) is 5.78 Å². The maximum absolute atomic E-state index is 13.0. The minimum Gasteiger partial charge on any atom is -0.400 e. The number of ketones is 1. The zero-order valence-corrected chi connectivity index (χ0v) is 13.7. The van der Waals surface area contributed by atoms with Gasteiger partial charge in [-0.25, -0.2) is 4.39 Å². The van der Waals surface area contributed by atoms with Gasteiger partial charge in [0.1, 0.15) is 5.82 Å². The van der Waals surface area contributed by atoms with Crippen LogP contribution in [0, 0.1) is 5.82 Å². The number of aliphatic hydroxyl groups is 1. The summed E-state index contributed by atoms with van der Waals surface area (Å²) in [4.78, 5) is 11.3. The third-order valence-electron chi connectivity index (χ3n) is 3.69. The second kappa shape index (κ2) is 8.18. The predicted molar refractivity (Wildman–Crippen MR) is 95.4 cm³/mol. The van der Waals surface area contributed by atoms with E-state index in [2.05, 4.69) is 0 Å².